The zero-order valence-electron chi connectivity index (χ0n) is 19.3. The topological polar surface area (TPSA) is 41.6 Å². The van der Waals surface area contributed by atoms with Gasteiger partial charge in [0, 0.05) is 18.9 Å². The molecule has 3 rings (SSSR count). The van der Waals surface area contributed by atoms with Gasteiger partial charge in [0.2, 0.25) is 6.71 Å². The Bertz CT molecular complexity index is 925. The van der Waals surface area contributed by atoms with Gasteiger partial charge in [0.1, 0.15) is 0 Å². The van der Waals surface area contributed by atoms with E-state index < -0.39 is 0 Å². The molecule has 0 saturated heterocycles. The quantitative estimate of drug-likeness (QED) is 0.372. The number of aryl methyl sites for hydroxylation is 2. The summed E-state index contributed by atoms with van der Waals surface area (Å²) in [7, 11) is 0. The lowest BCUT2D eigenvalue weighted by atomic mass is 9.37. The molecular formula is C27H34BN3. The Morgan fingerprint density at radius 2 is 1.65 bits per heavy atom. The van der Waals surface area contributed by atoms with E-state index in [1.807, 2.05) is 17.7 Å². The number of nitriles is 1. The highest BCUT2D eigenvalue weighted by atomic mass is 15.0. The average Bonchev–Trinajstić information content (AvgIpc) is 3.29. The van der Waals surface area contributed by atoms with Gasteiger partial charge < -0.3 is 4.57 Å². The first-order chi connectivity index (χ1) is 15.1. The molecule has 1 atom stereocenters. The summed E-state index contributed by atoms with van der Waals surface area (Å²) in [6, 6.07) is 19.8. The lowest BCUT2D eigenvalue weighted by Crippen LogP contribution is -2.44. The molecule has 0 N–H and O–H groups in total. The molecule has 0 aliphatic heterocycles. The fourth-order valence-electron chi connectivity index (χ4n) is 3.73. The highest BCUT2D eigenvalue weighted by Crippen LogP contribution is 2.08. The third-order valence-corrected chi connectivity index (χ3v) is 5.42. The SMILES string of the molecule is CC(C#N)Cn1ccnc1.CCC=CCCB(c1ccccc1C)c1ccccc1C. The van der Waals surface area contributed by atoms with E-state index in [0.29, 0.717) is 6.71 Å². The predicted octanol–water partition coefficient (Wildman–Crippen LogP) is 5.31. The Kier molecular flexibility index (Phi) is 10.4. The molecule has 3 nitrogen and oxygen atoms in total. The van der Waals surface area contributed by atoms with Crippen molar-refractivity contribution >= 4 is 17.6 Å². The maximum atomic E-state index is 8.45. The first kappa shape index (κ1) is 24.2. The molecule has 0 radical (unpaired) electrons. The molecule has 0 fully saturated rings. The largest absolute Gasteiger partial charge is 0.336 e. The Balaban J connectivity index is 0.000000285. The van der Waals surface area contributed by atoms with Crippen LogP contribution in [0.15, 0.2) is 79.4 Å². The molecule has 0 saturated carbocycles. The van der Waals surface area contributed by atoms with Gasteiger partial charge in [-0.2, -0.15) is 5.26 Å². The van der Waals surface area contributed by atoms with Gasteiger partial charge >= 0.3 is 0 Å². The molecule has 0 bridgehead atoms. The first-order valence-corrected chi connectivity index (χ1v) is 11.2. The second-order valence-electron chi connectivity index (χ2n) is 8.01. The van der Waals surface area contributed by atoms with Crippen molar-refractivity contribution in [2.45, 2.75) is 53.4 Å². The monoisotopic (exact) mass is 411 g/mol. The summed E-state index contributed by atoms with van der Waals surface area (Å²) in [6.07, 6.45) is 13.3. The normalized spacial score (nSPS) is 11.5. The minimum Gasteiger partial charge on any atom is -0.336 e. The van der Waals surface area contributed by atoms with Crippen molar-refractivity contribution in [3.8, 4) is 6.07 Å². The van der Waals surface area contributed by atoms with Gasteiger partial charge in [0.15, 0.2) is 0 Å². The number of imidazole rings is 1. The van der Waals surface area contributed by atoms with Crippen molar-refractivity contribution in [2.24, 2.45) is 5.92 Å². The maximum Gasteiger partial charge on any atom is 0.210 e. The van der Waals surface area contributed by atoms with Crippen molar-refractivity contribution in [3.63, 3.8) is 0 Å². The zero-order chi connectivity index (χ0) is 22.5. The molecule has 0 aliphatic rings. The molecule has 1 aromatic heterocycles. The number of hydrogen-bond donors (Lipinski definition) is 0. The second kappa shape index (κ2) is 13.3. The van der Waals surface area contributed by atoms with Crippen molar-refractivity contribution in [1.82, 2.24) is 9.55 Å². The number of aromatic nitrogens is 2. The van der Waals surface area contributed by atoms with E-state index >= 15 is 0 Å². The predicted molar refractivity (Wildman–Crippen MR) is 133 cm³/mol. The van der Waals surface area contributed by atoms with Gasteiger partial charge in [-0.25, -0.2) is 4.98 Å². The van der Waals surface area contributed by atoms with Crippen LogP contribution in [0.2, 0.25) is 6.32 Å². The van der Waals surface area contributed by atoms with Crippen LogP contribution in [-0.2, 0) is 6.54 Å². The number of benzene rings is 2. The highest BCUT2D eigenvalue weighted by Gasteiger charge is 2.21. The summed E-state index contributed by atoms with van der Waals surface area (Å²) in [5, 5.41) is 8.45. The van der Waals surface area contributed by atoms with Crippen molar-refractivity contribution in [1.29, 1.82) is 5.26 Å². The van der Waals surface area contributed by atoms with Crippen LogP contribution in [0.3, 0.4) is 0 Å². The molecule has 3 aromatic rings. The fraction of sp³-hybridized carbons (Fsp3) is 0.333. The molecule has 31 heavy (non-hydrogen) atoms. The summed E-state index contributed by atoms with van der Waals surface area (Å²) >= 11 is 0. The van der Waals surface area contributed by atoms with Gasteiger partial charge in [-0.3, -0.25) is 0 Å². The minimum absolute atomic E-state index is 0.0641. The molecule has 1 unspecified atom stereocenters. The molecule has 160 valence electrons. The number of allylic oxidation sites excluding steroid dienone is 2. The highest BCUT2D eigenvalue weighted by molar-refractivity contribution is 6.85. The molecule has 1 heterocycles. The minimum atomic E-state index is 0.0641. The van der Waals surface area contributed by atoms with Crippen LogP contribution in [-0.4, -0.2) is 16.3 Å². The average molecular weight is 411 g/mol. The van der Waals surface area contributed by atoms with Crippen LogP contribution >= 0.6 is 0 Å². The maximum absolute atomic E-state index is 8.45. The molecule has 0 spiro atoms. The van der Waals surface area contributed by atoms with Crippen LogP contribution in [0.1, 0.15) is 37.8 Å². The van der Waals surface area contributed by atoms with E-state index in [-0.39, 0.29) is 5.92 Å². The van der Waals surface area contributed by atoms with E-state index in [0.717, 1.165) is 19.4 Å². The Morgan fingerprint density at radius 3 is 2.13 bits per heavy atom. The standard InChI is InChI=1S/C20H25B.C7H9N3/c1-4-5-6-11-16-21(19-14-9-7-12-17(19)2)20-15-10-8-13-18(20)3;1-7(4-8)5-10-3-2-9-6-10/h5-10,12-15H,4,11,16H2,1-3H3;2-3,6-7H,5H2,1H3. The second-order valence-corrected chi connectivity index (χ2v) is 8.01. The Labute approximate surface area is 188 Å². The number of nitrogens with zero attached hydrogens (tertiary/aromatic N) is 3. The Morgan fingerprint density at radius 1 is 1.03 bits per heavy atom. The summed E-state index contributed by atoms with van der Waals surface area (Å²) in [6.45, 7) is 9.76. The molecular weight excluding hydrogens is 377 g/mol. The van der Waals surface area contributed by atoms with Gasteiger partial charge in [-0.1, -0.05) is 96.0 Å². The van der Waals surface area contributed by atoms with E-state index in [9.17, 15) is 0 Å². The molecule has 2 aromatic carbocycles. The lowest BCUT2D eigenvalue weighted by Gasteiger charge is -2.18. The van der Waals surface area contributed by atoms with Crippen molar-refractivity contribution < 1.29 is 0 Å². The van der Waals surface area contributed by atoms with Gasteiger partial charge in [-0.05, 0) is 33.6 Å². The van der Waals surface area contributed by atoms with Crippen molar-refractivity contribution in [2.75, 3.05) is 0 Å². The molecule has 4 heteroatoms. The van der Waals surface area contributed by atoms with Crippen LogP contribution in [0.4, 0.5) is 0 Å². The fourth-order valence-corrected chi connectivity index (χ4v) is 3.73. The molecule has 0 amide bonds. The van der Waals surface area contributed by atoms with E-state index in [2.05, 4.69) is 92.5 Å². The van der Waals surface area contributed by atoms with Crippen molar-refractivity contribution in [3.05, 3.63) is 90.5 Å². The van der Waals surface area contributed by atoms with Gasteiger partial charge in [0.25, 0.3) is 0 Å². The molecule has 0 aliphatic carbocycles. The van der Waals surface area contributed by atoms with Gasteiger partial charge in [0.05, 0.1) is 18.3 Å². The smallest absolute Gasteiger partial charge is 0.210 e. The Hall–Kier alpha value is -3.06. The van der Waals surface area contributed by atoms with Crippen LogP contribution in [0.25, 0.3) is 0 Å². The van der Waals surface area contributed by atoms with Crippen LogP contribution in [0.5, 0.6) is 0 Å². The number of rotatable bonds is 8. The van der Waals surface area contributed by atoms with Gasteiger partial charge in [-0.15, -0.1) is 0 Å². The lowest BCUT2D eigenvalue weighted by molar-refractivity contribution is 0.580. The van der Waals surface area contributed by atoms with E-state index in [1.54, 1.807) is 12.5 Å². The third-order valence-electron chi connectivity index (χ3n) is 5.42. The van der Waals surface area contributed by atoms with E-state index in [4.69, 9.17) is 5.26 Å². The summed E-state index contributed by atoms with van der Waals surface area (Å²) in [4.78, 5) is 3.86. The summed E-state index contributed by atoms with van der Waals surface area (Å²) in [5.41, 5.74) is 5.73. The zero-order valence-corrected chi connectivity index (χ0v) is 19.3. The summed E-state index contributed by atoms with van der Waals surface area (Å²) in [5.74, 6) is 0.0641. The van der Waals surface area contributed by atoms with Crippen LogP contribution < -0.4 is 10.9 Å². The first-order valence-electron chi connectivity index (χ1n) is 11.2. The van der Waals surface area contributed by atoms with E-state index in [1.165, 1.54) is 28.4 Å². The summed E-state index contributed by atoms with van der Waals surface area (Å²) < 4.78 is 1.90. The number of hydrogen-bond acceptors (Lipinski definition) is 2. The van der Waals surface area contributed by atoms with Crippen LogP contribution in [0, 0.1) is 31.1 Å². The third kappa shape index (κ3) is 7.94.